The predicted molar refractivity (Wildman–Crippen MR) is 58.4 cm³/mol. The highest BCUT2D eigenvalue weighted by Crippen LogP contribution is 2.12. The van der Waals surface area contributed by atoms with Crippen molar-refractivity contribution in [1.82, 2.24) is 15.2 Å². The van der Waals surface area contributed by atoms with Crippen molar-refractivity contribution in [3.63, 3.8) is 0 Å². The molecule has 0 aliphatic heterocycles. The molecule has 0 spiro atoms. The summed E-state index contributed by atoms with van der Waals surface area (Å²) in [7, 11) is -3.58. The molecule has 2 rings (SSSR count). The van der Waals surface area contributed by atoms with Crippen LogP contribution in [0.1, 0.15) is 5.56 Å². The lowest BCUT2D eigenvalue weighted by Crippen LogP contribution is -2.13. The van der Waals surface area contributed by atoms with Crippen molar-refractivity contribution in [3.8, 4) is 0 Å². The number of hydrogen-bond acceptors (Lipinski definition) is 4. The van der Waals surface area contributed by atoms with Crippen LogP contribution in [0.3, 0.4) is 0 Å². The maximum atomic E-state index is 11.8. The molecule has 0 atom stereocenters. The summed E-state index contributed by atoms with van der Waals surface area (Å²) in [6.45, 7) is 1.89. The second kappa shape index (κ2) is 3.93. The van der Waals surface area contributed by atoms with E-state index in [1.165, 1.54) is 18.5 Å². The van der Waals surface area contributed by atoms with Crippen LogP contribution in [0.4, 0.5) is 5.95 Å². The molecule has 84 valence electrons. The minimum absolute atomic E-state index is 0.0978. The number of rotatable bonds is 3. The van der Waals surface area contributed by atoms with Crippen molar-refractivity contribution in [2.24, 2.45) is 0 Å². The number of aromatic amines is 1. The fraction of sp³-hybridized carbons (Fsp3) is 0.111. The summed E-state index contributed by atoms with van der Waals surface area (Å²) in [5, 5.41) is 5.97. The molecule has 1 aromatic heterocycles. The van der Waals surface area contributed by atoms with E-state index in [-0.39, 0.29) is 10.8 Å². The lowest BCUT2D eigenvalue weighted by molar-refractivity contribution is 0.601. The summed E-state index contributed by atoms with van der Waals surface area (Å²) < 4.78 is 25.9. The largest absolute Gasteiger partial charge is 0.264 e. The van der Waals surface area contributed by atoms with E-state index in [0.717, 1.165) is 5.56 Å². The number of nitrogens with one attached hydrogen (secondary N) is 2. The Morgan fingerprint density at radius 2 is 1.94 bits per heavy atom. The maximum absolute atomic E-state index is 11.8. The van der Waals surface area contributed by atoms with Crippen LogP contribution in [-0.4, -0.2) is 23.6 Å². The number of benzene rings is 1. The van der Waals surface area contributed by atoms with Crippen LogP contribution >= 0.6 is 0 Å². The first-order chi connectivity index (χ1) is 7.58. The fourth-order valence-corrected chi connectivity index (χ4v) is 2.12. The summed E-state index contributed by atoms with van der Waals surface area (Å²) in [6, 6.07) is 6.53. The number of sulfonamides is 1. The van der Waals surface area contributed by atoms with Gasteiger partial charge in [-0.2, -0.15) is 10.1 Å². The summed E-state index contributed by atoms with van der Waals surface area (Å²) >= 11 is 0. The van der Waals surface area contributed by atoms with Gasteiger partial charge >= 0.3 is 0 Å². The van der Waals surface area contributed by atoms with Crippen LogP contribution in [0.15, 0.2) is 35.5 Å². The maximum Gasteiger partial charge on any atom is 0.264 e. The molecule has 0 fully saturated rings. The van der Waals surface area contributed by atoms with Crippen molar-refractivity contribution >= 4 is 16.0 Å². The topological polar surface area (TPSA) is 87.7 Å². The summed E-state index contributed by atoms with van der Waals surface area (Å²) in [5.74, 6) is 0.0978. The van der Waals surface area contributed by atoms with Crippen LogP contribution in [-0.2, 0) is 10.0 Å². The Morgan fingerprint density at radius 3 is 2.50 bits per heavy atom. The fourth-order valence-electron chi connectivity index (χ4n) is 1.16. The van der Waals surface area contributed by atoms with E-state index >= 15 is 0 Å². The van der Waals surface area contributed by atoms with Gasteiger partial charge in [-0.15, -0.1) is 0 Å². The molecule has 0 aliphatic carbocycles. The van der Waals surface area contributed by atoms with E-state index in [9.17, 15) is 8.42 Å². The van der Waals surface area contributed by atoms with Crippen molar-refractivity contribution in [2.45, 2.75) is 11.8 Å². The molecular weight excluding hydrogens is 228 g/mol. The molecule has 0 saturated carbocycles. The Balaban J connectivity index is 2.29. The molecule has 0 aliphatic rings. The van der Waals surface area contributed by atoms with Crippen LogP contribution < -0.4 is 4.72 Å². The van der Waals surface area contributed by atoms with E-state index in [1.807, 2.05) is 6.92 Å². The highest BCUT2D eigenvalue weighted by Gasteiger charge is 2.14. The monoisotopic (exact) mass is 238 g/mol. The average Bonchev–Trinajstić information content (AvgIpc) is 2.70. The molecular formula is C9H10N4O2S. The number of H-pyrrole nitrogens is 1. The van der Waals surface area contributed by atoms with E-state index in [1.54, 1.807) is 12.1 Å². The molecule has 2 N–H and O–H groups in total. The SMILES string of the molecule is Cc1ccc(S(=O)(=O)Nc2ncn[nH]2)cc1. The third kappa shape index (κ3) is 2.19. The summed E-state index contributed by atoms with van der Waals surface area (Å²) in [5.41, 5.74) is 0.999. The van der Waals surface area contributed by atoms with E-state index in [0.29, 0.717) is 0 Å². The first-order valence-electron chi connectivity index (χ1n) is 4.53. The smallest absolute Gasteiger partial charge is 0.248 e. The Hall–Kier alpha value is -1.89. The van der Waals surface area contributed by atoms with Gasteiger partial charge in [0.05, 0.1) is 4.90 Å². The summed E-state index contributed by atoms with van der Waals surface area (Å²) in [4.78, 5) is 3.88. The lowest BCUT2D eigenvalue weighted by Gasteiger charge is -2.04. The van der Waals surface area contributed by atoms with Crippen molar-refractivity contribution in [3.05, 3.63) is 36.2 Å². The molecule has 6 nitrogen and oxygen atoms in total. The Bertz CT molecular complexity index is 560. The van der Waals surface area contributed by atoms with Gasteiger partial charge in [0.1, 0.15) is 6.33 Å². The Morgan fingerprint density at radius 1 is 1.25 bits per heavy atom. The van der Waals surface area contributed by atoms with Gasteiger partial charge in [-0.25, -0.2) is 18.2 Å². The number of anilines is 1. The minimum Gasteiger partial charge on any atom is -0.248 e. The average molecular weight is 238 g/mol. The van der Waals surface area contributed by atoms with Crippen LogP contribution in [0.5, 0.6) is 0 Å². The molecule has 0 unspecified atom stereocenters. The summed E-state index contributed by atoms with van der Waals surface area (Å²) in [6.07, 6.45) is 1.23. The van der Waals surface area contributed by atoms with Crippen LogP contribution in [0.25, 0.3) is 0 Å². The first-order valence-corrected chi connectivity index (χ1v) is 6.01. The van der Waals surface area contributed by atoms with Gasteiger partial charge in [-0.1, -0.05) is 17.7 Å². The molecule has 0 amide bonds. The highest BCUT2D eigenvalue weighted by atomic mass is 32.2. The van der Waals surface area contributed by atoms with E-state index in [2.05, 4.69) is 19.9 Å². The number of aryl methyl sites for hydroxylation is 1. The zero-order chi connectivity index (χ0) is 11.6. The van der Waals surface area contributed by atoms with Crippen molar-refractivity contribution in [1.29, 1.82) is 0 Å². The molecule has 16 heavy (non-hydrogen) atoms. The van der Waals surface area contributed by atoms with Gasteiger partial charge in [0.25, 0.3) is 10.0 Å². The highest BCUT2D eigenvalue weighted by molar-refractivity contribution is 7.92. The molecule has 0 saturated heterocycles. The zero-order valence-corrected chi connectivity index (χ0v) is 9.32. The van der Waals surface area contributed by atoms with Gasteiger partial charge < -0.3 is 0 Å². The molecule has 1 aromatic carbocycles. The van der Waals surface area contributed by atoms with Crippen LogP contribution in [0, 0.1) is 6.92 Å². The molecule has 0 radical (unpaired) electrons. The zero-order valence-electron chi connectivity index (χ0n) is 8.51. The van der Waals surface area contributed by atoms with Crippen molar-refractivity contribution < 1.29 is 8.42 Å². The minimum atomic E-state index is -3.58. The molecule has 7 heteroatoms. The number of hydrogen-bond donors (Lipinski definition) is 2. The van der Waals surface area contributed by atoms with Gasteiger partial charge in [0.15, 0.2) is 0 Å². The van der Waals surface area contributed by atoms with Crippen molar-refractivity contribution in [2.75, 3.05) is 4.72 Å². The van der Waals surface area contributed by atoms with Gasteiger partial charge in [-0.3, -0.25) is 0 Å². The molecule has 2 aromatic rings. The Labute approximate surface area is 92.8 Å². The van der Waals surface area contributed by atoms with E-state index < -0.39 is 10.0 Å². The molecule has 0 bridgehead atoms. The number of aromatic nitrogens is 3. The van der Waals surface area contributed by atoms with Gasteiger partial charge in [0.2, 0.25) is 5.95 Å². The molecule has 1 heterocycles. The third-order valence-electron chi connectivity index (χ3n) is 1.98. The second-order valence-electron chi connectivity index (χ2n) is 3.25. The van der Waals surface area contributed by atoms with Gasteiger partial charge in [0, 0.05) is 0 Å². The van der Waals surface area contributed by atoms with Crippen LogP contribution in [0.2, 0.25) is 0 Å². The second-order valence-corrected chi connectivity index (χ2v) is 4.94. The quantitative estimate of drug-likeness (QED) is 0.832. The van der Waals surface area contributed by atoms with Gasteiger partial charge in [-0.05, 0) is 19.1 Å². The predicted octanol–water partition coefficient (Wildman–Crippen LogP) is 0.914. The lowest BCUT2D eigenvalue weighted by atomic mass is 10.2. The third-order valence-corrected chi connectivity index (χ3v) is 3.33. The first kappa shape index (κ1) is 10.6. The Kier molecular flexibility index (Phi) is 2.61. The standard InChI is InChI=1S/C9H10N4O2S/c1-7-2-4-8(5-3-7)16(14,15)13-9-10-6-11-12-9/h2-6H,1H3,(H2,10,11,12,13). The van der Waals surface area contributed by atoms with E-state index in [4.69, 9.17) is 0 Å². The number of nitrogens with zero attached hydrogens (tertiary/aromatic N) is 2. The normalized spacial score (nSPS) is 11.3.